The molecule has 0 atom stereocenters. The van der Waals surface area contributed by atoms with Crippen LogP contribution in [0, 0.1) is 15.9 Å². The van der Waals surface area contributed by atoms with Gasteiger partial charge < -0.3 is 5.73 Å². The van der Waals surface area contributed by atoms with Gasteiger partial charge in [0.15, 0.2) is 0 Å². The maximum absolute atomic E-state index is 12.9. The second-order valence-electron chi connectivity index (χ2n) is 2.58. The van der Waals surface area contributed by atoms with Crippen LogP contribution in [0.3, 0.4) is 0 Å². The van der Waals surface area contributed by atoms with Gasteiger partial charge in [0.05, 0.1) is 16.8 Å². The molecule has 0 unspecified atom stereocenters. The van der Waals surface area contributed by atoms with Crippen LogP contribution in [-0.4, -0.2) is 9.91 Å². The summed E-state index contributed by atoms with van der Waals surface area (Å²) in [4.78, 5) is 12.4. The van der Waals surface area contributed by atoms with E-state index in [9.17, 15) is 23.3 Å². The Morgan fingerprint density at radius 3 is 2.60 bits per heavy atom. The molecule has 82 valence electrons. The predicted octanol–water partition coefficient (Wildman–Crippen LogP) is 1.53. The van der Waals surface area contributed by atoms with E-state index >= 15 is 0 Å². The van der Waals surface area contributed by atoms with Crippen molar-refractivity contribution in [3.63, 3.8) is 0 Å². The normalized spacial score (nSPS) is 10.7. The first-order chi connectivity index (χ1) is 6.99. The monoisotopic (exact) mass is 221 g/mol. The number of nitrogens with two attached hydrogens (primary N) is 1. The summed E-state index contributed by atoms with van der Waals surface area (Å²) >= 11 is 0. The average molecular weight is 221 g/mol. The van der Waals surface area contributed by atoms with Crippen molar-refractivity contribution in [1.29, 1.82) is 0 Å². The Morgan fingerprint density at radius 2 is 2.20 bits per heavy atom. The van der Waals surface area contributed by atoms with E-state index < -0.39 is 35.0 Å². The molecular formula is C7H6F3N3O2. The summed E-state index contributed by atoms with van der Waals surface area (Å²) in [5.41, 5.74) is 2.37. The molecule has 0 spiro atoms. The second-order valence-corrected chi connectivity index (χ2v) is 2.58. The summed E-state index contributed by atoms with van der Waals surface area (Å²) in [6, 6.07) is 0. The van der Waals surface area contributed by atoms with Gasteiger partial charge in [0.25, 0.3) is 6.43 Å². The largest absolute Gasteiger partial charge is 0.325 e. The number of hydrogen-bond acceptors (Lipinski definition) is 4. The summed E-state index contributed by atoms with van der Waals surface area (Å²) in [6.45, 7) is -0.416. The van der Waals surface area contributed by atoms with E-state index in [-0.39, 0.29) is 5.69 Å². The number of nitro groups is 1. The Morgan fingerprint density at radius 1 is 1.60 bits per heavy atom. The SMILES string of the molecule is NCc1ncc(F)c([N+](=O)[O-])c1C(F)F. The molecule has 0 fully saturated rings. The number of aromatic nitrogens is 1. The first-order valence-corrected chi connectivity index (χ1v) is 3.79. The van der Waals surface area contributed by atoms with E-state index in [0.717, 1.165) is 0 Å². The maximum Gasteiger partial charge on any atom is 0.317 e. The summed E-state index contributed by atoms with van der Waals surface area (Å²) < 4.78 is 37.8. The molecule has 1 rings (SSSR count). The fourth-order valence-corrected chi connectivity index (χ4v) is 1.11. The fraction of sp³-hybridized carbons (Fsp3) is 0.286. The van der Waals surface area contributed by atoms with Crippen LogP contribution in [0.25, 0.3) is 0 Å². The topological polar surface area (TPSA) is 82.0 Å². The predicted molar refractivity (Wildman–Crippen MR) is 43.7 cm³/mol. The van der Waals surface area contributed by atoms with Crippen LogP contribution in [-0.2, 0) is 6.54 Å². The van der Waals surface area contributed by atoms with E-state index in [2.05, 4.69) is 4.98 Å². The standard InChI is InChI=1S/C7H6F3N3O2/c8-3-2-12-4(1-11)5(7(9)10)6(3)13(14)15/h2,7H,1,11H2. The second kappa shape index (κ2) is 4.22. The number of rotatable bonds is 3. The summed E-state index contributed by atoms with van der Waals surface area (Å²) in [5, 5.41) is 10.4. The summed E-state index contributed by atoms with van der Waals surface area (Å²) in [7, 11) is 0. The first kappa shape index (κ1) is 11.4. The molecule has 0 saturated heterocycles. The van der Waals surface area contributed by atoms with Crippen molar-refractivity contribution in [3.8, 4) is 0 Å². The van der Waals surface area contributed by atoms with Gasteiger partial charge in [-0.3, -0.25) is 15.1 Å². The molecule has 0 saturated carbocycles. The number of halogens is 3. The fourth-order valence-electron chi connectivity index (χ4n) is 1.11. The lowest BCUT2D eigenvalue weighted by atomic mass is 10.1. The van der Waals surface area contributed by atoms with E-state index in [1.165, 1.54) is 0 Å². The van der Waals surface area contributed by atoms with Crippen molar-refractivity contribution in [3.05, 3.63) is 33.4 Å². The van der Waals surface area contributed by atoms with Crippen molar-refractivity contribution >= 4 is 5.69 Å². The lowest BCUT2D eigenvalue weighted by Crippen LogP contribution is -2.09. The van der Waals surface area contributed by atoms with Crippen LogP contribution in [0.4, 0.5) is 18.9 Å². The number of hydrogen-bond donors (Lipinski definition) is 1. The molecule has 1 heterocycles. The molecule has 1 aromatic rings. The van der Waals surface area contributed by atoms with Crippen LogP contribution in [0.1, 0.15) is 17.7 Å². The molecule has 0 bridgehead atoms. The molecule has 0 aliphatic heterocycles. The number of pyridine rings is 1. The molecule has 0 amide bonds. The Labute approximate surface area is 81.9 Å². The molecule has 2 N–H and O–H groups in total. The van der Waals surface area contributed by atoms with Gasteiger partial charge in [0, 0.05) is 6.54 Å². The molecule has 0 aliphatic carbocycles. The quantitative estimate of drug-likeness (QED) is 0.619. The number of alkyl halides is 2. The van der Waals surface area contributed by atoms with Crippen LogP contribution in [0.5, 0.6) is 0 Å². The smallest absolute Gasteiger partial charge is 0.317 e. The van der Waals surface area contributed by atoms with Crippen LogP contribution >= 0.6 is 0 Å². The Bertz CT molecular complexity index is 397. The zero-order valence-electron chi connectivity index (χ0n) is 7.28. The van der Waals surface area contributed by atoms with Crippen LogP contribution in [0.2, 0.25) is 0 Å². The molecule has 15 heavy (non-hydrogen) atoms. The van der Waals surface area contributed by atoms with E-state index in [4.69, 9.17) is 5.73 Å². The third-order valence-corrected chi connectivity index (χ3v) is 1.72. The molecule has 0 radical (unpaired) electrons. The lowest BCUT2D eigenvalue weighted by Gasteiger charge is -2.06. The van der Waals surface area contributed by atoms with Gasteiger partial charge in [-0.15, -0.1) is 0 Å². The zero-order chi connectivity index (χ0) is 11.6. The van der Waals surface area contributed by atoms with Crippen LogP contribution < -0.4 is 5.73 Å². The van der Waals surface area contributed by atoms with E-state index in [1.807, 2.05) is 0 Å². The van der Waals surface area contributed by atoms with E-state index in [1.54, 1.807) is 0 Å². The van der Waals surface area contributed by atoms with Crippen molar-refractivity contribution < 1.29 is 18.1 Å². The van der Waals surface area contributed by atoms with Gasteiger partial charge in [0.1, 0.15) is 5.56 Å². The van der Waals surface area contributed by atoms with Crippen molar-refractivity contribution in [2.24, 2.45) is 5.73 Å². The Kier molecular flexibility index (Phi) is 3.20. The highest BCUT2D eigenvalue weighted by Crippen LogP contribution is 2.32. The van der Waals surface area contributed by atoms with Gasteiger partial charge in [-0.25, -0.2) is 8.78 Å². The highest BCUT2D eigenvalue weighted by atomic mass is 19.3. The van der Waals surface area contributed by atoms with Crippen molar-refractivity contribution in [2.45, 2.75) is 13.0 Å². The van der Waals surface area contributed by atoms with Gasteiger partial charge in [-0.2, -0.15) is 4.39 Å². The third kappa shape index (κ3) is 2.04. The summed E-state index contributed by atoms with van der Waals surface area (Å²) in [6.07, 6.45) is -2.68. The minimum Gasteiger partial charge on any atom is -0.325 e. The van der Waals surface area contributed by atoms with Gasteiger partial charge in [-0.1, -0.05) is 0 Å². The zero-order valence-corrected chi connectivity index (χ0v) is 7.28. The van der Waals surface area contributed by atoms with Gasteiger partial charge in [0.2, 0.25) is 5.82 Å². The summed E-state index contributed by atoms with van der Waals surface area (Å²) in [5.74, 6) is -1.40. The Balaban J connectivity index is 3.51. The molecule has 5 nitrogen and oxygen atoms in total. The molecule has 1 aromatic heterocycles. The minimum atomic E-state index is -3.19. The highest BCUT2D eigenvalue weighted by molar-refractivity contribution is 5.44. The van der Waals surface area contributed by atoms with Gasteiger partial charge >= 0.3 is 5.69 Å². The molecule has 0 aromatic carbocycles. The average Bonchev–Trinajstić information content (AvgIpc) is 2.16. The van der Waals surface area contributed by atoms with Crippen LogP contribution in [0.15, 0.2) is 6.20 Å². The first-order valence-electron chi connectivity index (χ1n) is 3.79. The molecule has 0 aliphatic rings. The van der Waals surface area contributed by atoms with Crippen molar-refractivity contribution in [2.75, 3.05) is 0 Å². The molecular weight excluding hydrogens is 215 g/mol. The molecule has 8 heteroatoms. The van der Waals surface area contributed by atoms with Crippen molar-refractivity contribution in [1.82, 2.24) is 4.98 Å². The maximum atomic E-state index is 12.9. The highest BCUT2D eigenvalue weighted by Gasteiger charge is 2.30. The third-order valence-electron chi connectivity index (χ3n) is 1.72. The lowest BCUT2D eigenvalue weighted by molar-refractivity contribution is -0.389. The number of nitrogens with zero attached hydrogens (tertiary/aromatic N) is 2. The Hall–Kier alpha value is -1.70. The van der Waals surface area contributed by atoms with E-state index in [0.29, 0.717) is 6.20 Å². The minimum absolute atomic E-state index is 0.377. The van der Waals surface area contributed by atoms with Gasteiger partial charge in [-0.05, 0) is 0 Å².